The van der Waals surface area contributed by atoms with E-state index in [9.17, 15) is 9.59 Å². The molecule has 0 bridgehead atoms. The number of urea groups is 1. The summed E-state index contributed by atoms with van der Waals surface area (Å²) in [5, 5.41) is 11.8. The van der Waals surface area contributed by atoms with E-state index in [0.29, 0.717) is 43.4 Å². The van der Waals surface area contributed by atoms with Crippen LogP contribution in [0, 0.1) is 0 Å². The second-order valence-corrected chi connectivity index (χ2v) is 7.50. The maximum atomic E-state index is 12.4. The van der Waals surface area contributed by atoms with Gasteiger partial charge in [-0.15, -0.1) is 0 Å². The summed E-state index contributed by atoms with van der Waals surface area (Å²) in [4.78, 5) is 32.9. The first-order valence-electron chi connectivity index (χ1n) is 11.3. The second-order valence-electron chi connectivity index (χ2n) is 7.50. The van der Waals surface area contributed by atoms with Gasteiger partial charge in [-0.1, -0.05) is 19.4 Å². The average molecular weight is 442 g/mol. The Balaban J connectivity index is 1.72. The molecule has 174 valence electrons. The first kappa shape index (κ1) is 24.9. The van der Waals surface area contributed by atoms with Crippen LogP contribution in [0.5, 0.6) is 0 Å². The Kier molecular flexibility index (Phi) is 10.8. The fourth-order valence-corrected chi connectivity index (χ4v) is 3.02. The molecule has 0 aromatic carbocycles. The predicted octanol–water partition coefficient (Wildman–Crippen LogP) is 2.84. The summed E-state index contributed by atoms with van der Waals surface area (Å²) in [6.07, 6.45) is 6.12. The molecular formula is C23H35N7O2. The minimum atomic E-state index is -0.215. The van der Waals surface area contributed by atoms with Gasteiger partial charge in [0, 0.05) is 38.1 Å². The molecule has 0 aliphatic heterocycles. The smallest absolute Gasteiger partial charge is 0.315 e. The molecule has 3 amide bonds. The van der Waals surface area contributed by atoms with Crippen LogP contribution in [0.2, 0.25) is 0 Å². The number of anilines is 2. The summed E-state index contributed by atoms with van der Waals surface area (Å²) in [6.45, 7) is 6.40. The molecule has 2 aromatic heterocycles. The molecule has 9 heteroatoms. The molecule has 0 radical (unpaired) electrons. The lowest BCUT2D eigenvalue weighted by Gasteiger charge is -2.12. The van der Waals surface area contributed by atoms with E-state index in [1.807, 2.05) is 25.1 Å². The Morgan fingerprint density at radius 2 is 1.78 bits per heavy atom. The number of nitrogens with zero attached hydrogens (tertiary/aromatic N) is 2. The molecule has 6 N–H and O–H groups in total. The number of aryl methyl sites for hydroxylation is 1. The summed E-state index contributed by atoms with van der Waals surface area (Å²) >= 11 is 0. The Hall–Kier alpha value is -3.36. The second kappa shape index (κ2) is 13.8. The van der Waals surface area contributed by atoms with Crippen molar-refractivity contribution < 1.29 is 9.59 Å². The van der Waals surface area contributed by atoms with Gasteiger partial charge in [0.2, 0.25) is 0 Å². The first-order valence-corrected chi connectivity index (χ1v) is 11.3. The number of rotatable bonds is 13. The highest BCUT2D eigenvalue weighted by Gasteiger charge is 2.13. The SMILES string of the molecule is CCCCNC(=O)c1ccc(CCCCNC(=O)NCc2ccc(N)nc2)nc1NCC. The van der Waals surface area contributed by atoms with Gasteiger partial charge in [-0.2, -0.15) is 0 Å². The van der Waals surface area contributed by atoms with E-state index >= 15 is 0 Å². The normalized spacial score (nSPS) is 10.4. The summed E-state index contributed by atoms with van der Waals surface area (Å²) in [6, 6.07) is 7.05. The number of pyridine rings is 2. The number of nitrogens with one attached hydrogen (secondary N) is 4. The lowest BCUT2D eigenvalue weighted by atomic mass is 10.1. The van der Waals surface area contributed by atoms with E-state index in [1.54, 1.807) is 12.3 Å². The van der Waals surface area contributed by atoms with Gasteiger partial charge in [-0.25, -0.2) is 14.8 Å². The topological polar surface area (TPSA) is 134 Å². The molecular weight excluding hydrogens is 406 g/mol. The molecule has 0 unspecified atom stereocenters. The minimum absolute atomic E-state index is 0.0987. The van der Waals surface area contributed by atoms with Crippen LogP contribution in [0.4, 0.5) is 16.4 Å². The molecule has 0 saturated heterocycles. The Morgan fingerprint density at radius 3 is 2.50 bits per heavy atom. The summed E-state index contributed by atoms with van der Waals surface area (Å²) in [7, 11) is 0. The Bertz CT molecular complexity index is 856. The van der Waals surface area contributed by atoms with Crippen LogP contribution < -0.4 is 27.0 Å². The highest BCUT2D eigenvalue weighted by atomic mass is 16.2. The lowest BCUT2D eigenvalue weighted by Crippen LogP contribution is -2.35. The van der Waals surface area contributed by atoms with Crippen molar-refractivity contribution >= 4 is 23.6 Å². The third-order valence-electron chi connectivity index (χ3n) is 4.80. The van der Waals surface area contributed by atoms with Crippen molar-refractivity contribution in [3.05, 3.63) is 47.3 Å². The van der Waals surface area contributed by atoms with Crippen LogP contribution in [0.25, 0.3) is 0 Å². The molecule has 0 atom stereocenters. The van der Waals surface area contributed by atoms with E-state index in [2.05, 4.69) is 38.2 Å². The van der Waals surface area contributed by atoms with E-state index in [4.69, 9.17) is 5.73 Å². The third-order valence-corrected chi connectivity index (χ3v) is 4.80. The van der Waals surface area contributed by atoms with Gasteiger partial charge in [0.25, 0.3) is 5.91 Å². The average Bonchev–Trinajstić information content (AvgIpc) is 2.79. The first-order chi connectivity index (χ1) is 15.5. The molecule has 2 rings (SSSR count). The van der Waals surface area contributed by atoms with Crippen LogP contribution in [-0.4, -0.2) is 41.5 Å². The molecule has 32 heavy (non-hydrogen) atoms. The minimum Gasteiger partial charge on any atom is -0.384 e. The summed E-state index contributed by atoms with van der Waals surface area (Å²) in [5.41, 5.74) is 7.93. The van der Waals surface area contributed by atoms with Crippen LogP contribution in [0.3, 0.4) is 0 Å². The monoisotopic (exact) mass is 441 g/mol. The number of hydrogen-bond donors (Lipinski definition) is 5. The zero-order valence-corrected chi connectivity index (χ0v) is 19.0. The Labute approximate surface area is 190 Å². The number of carbonyl (C=O) groups is 2. The van der Waals surface area contributed by atoms with Crippen molar-refractivity contribution in [2.24, 2.45) is 0 Å². The fraction of sp³-hybridized carbons (Fsp3) is 0.478. The highest BCUT2D eigenvalue weighted by Crippen LogP contribution is 2.15. The molecule has 0 spiro atoms. The van der Waals surface area contributed by atoms with Gasteiger partial charge < -0.3 is 27.0 Å². The number of aromatic nitrogens is 2. The van der Waals surface area contributed by atoms with Crippen molar-refractivity contribution in [2.75, 3.05) is 30.7 Å². The van der Waals surface area contributed by atoms with Crippen LogP contribution >= 0.6 is 0 Å². The van der Waals surface area contributed by atoms with Crippen molar-refractivity contribution in [3.63, 3.8) is 0 Å². The largest absolute Gasteiger partial charge is 0.384 e. The number of unbranched alkanes of at least 4 members (excludes halogenated alkanes) is 2. The van der Waals surface area contributed by atoms with E-state index in [1.165, 1.54) is 0 Å². The van der Waals surface area contributed by atoms with E-state index in [-0.39, 0.29) is 11.9 Å². The molecule has 9 nitrogen and oxygen atoms in total. The fourth-order valence-electron chi connectivity index (χ4n) is 3.02. The van der Waals surface area contributed by atoms with E-state index in [0.717, 1.165) is 43.4 Å². The zero-order chi connectivity index (χ0) is 23.2. The van der Waals surface area contributed by atoms with Crippen LogP contribution in [0.1, 0.15) is 61.1 Å². The maximum absolute atomic E-state index is 12.4. The number of nitrogen functional groups attached to an aromatic ring is 1. The number of hydrogen-bond acceptors (Lipinski definition) is 6. The van der Waals surface area contributed by atoms with Crippen molar-refractivity contribution in [1.82, 2.24) is 25.9 Å². The summed E-state index contributed by atoms with van der Waals surface area (Å²) in [5.74, 6) is 0.974. The highest BCUT2D eigenvalue weighted by molar-refractivity contribution is 5.98. The third kappa shape index (κ3) is 8.79. The van der Waals surface area contributed by atoms with Crippen LogP contribution in [0.15, 0.2) is 30.5 Å². The van der Waals surface area contributed by atoms with Gasteiger partial charge in [-0.05, 0) is 56.4 Å². The molecule has 0 saturated carbocycles. The molecule has 0 aliphatic carbocycles. The van der Waals surface area contributed by atoms with Crippen LogP contribution in [-0.2, 0) is 13.0 Å². The van der Waals surface area contributed by atoms with Gasteiger partial charge in [0.05, 0.1) is 5.56 Å². The lowest BCUT2D eigenvalue weighted by molar-refractivity contribution is 0.0953. The Morgan fingerprint density at radius 1 is 0.969 bits per heavy atom. The molecule has 2 heterocycles. The number of nitrogens with two attached hydrogens (primary N) is 1. The number of carbonyl (C=O) groups excluding carboxylic acids is 2. The quantitative estimate of drug-likeness (QED) is 0.304. The molecule has 0 aliphatic rings. The predicted molar refractivity (Wildman–Crippen MR) is 127 cm³/mol. The van der Waals surface area contributed by atoms with Gasteiger partial charge in [0.15, 0.2) is 0 Å². The standard InChI is InChI=1S/C23H35N7O2/c1-3-5-13-26-22(31)19-11-10-18(30-21(19)25-4-2)8-6-7-14-27-23(32)29-16-17-9-12-20(24)28-15-17/h9-12,15H,3-8,13-14,16H2,1-2H3,(H2,24,28)(H,25,30)(H,26,31)(H2,27,29,32). The van der Waals surface area contributed by atoms with Crippen molar-refractivity contribution in [1.29, 1.82) is 0 Å². The van der Waals surface area contributed by atoms with Gasteiger partial charge >= 0.3 is 6.03 Å². The van der Waals surface area contributed by atoms with E-state index < -0.39 is 0 Å². The number of amides is 3. The summed E-state index contributed by atoms with van der Waals surface area (Å²) < 4.78 is 0. The van der Waals surface area contributed by atoms with Crippen molar-refractivity contribution in [3.8, 4) is 0 Å². The van der Waals surface area contributed by atoms with Gasteiger partial charge in [0.1, 0.15) is 11.6 Å². The zero-order valence-electron chi connectivity index (χ0n) is 19.0. The molecule has 2 aromatic rings. The maximum Gasteiger partial charge on any atom is 0.315 e. The molecule has 0 fully saturated rings. The van der Waals surface area contributed by atoms with Gasteiger partial charge in [-0.3, -0.25) is 4.79 Å². The van der Waals surface area contributed by atoms with Crippen molar-refractivity contribution in [2.45, 2.75) is 52.5 Å².